The lowest BCUT2D eigenvalue weighted by Gasteiger charge is -2.45. The van der Waals surface area contributed by atoms with E-state index >= 15 is 0 Å². The zero-order valence-electron chi connectivity index (χ0n) is 22.4. The summed E-state index contributed by atoms with van der Waals surface area (Å²) < 4.78 is 0. The van der Waals surface area contributed by atoms with E-state index in [-0.39, 0.29) is 17.2 Å². The van der Waals surface area contributed by atoms with E-state index in [0.717, 1.165) is 44.8 Å². The number of amides is 2. The summed E-state index contributed by atoms with van der Waals surface area (Å²) >= 11 is 9.53. The summed E-state index contributed by atoms with van der Waals surface area (Å²) in [6, 6.07) is 32.0. The van der Waals surface area contributed by atoms with Gasteiger partial charge in [0.05, 0.1) is 5.34 Å². The van der Waals surface area contributed by atoms with E-state index in [0.29, 0.717) is 0 Å². The number of benzene rings is 4. The highest BCUT2D eigenvalue weighted by Gasteiger charge is 2.71. The van der Waals surface area contributed by atoms with Gasteiger partial charge in [0.15, 0.2) is 0 Å². The molecule has 0 N–H and O–H groups in total. The second kappa shape index (κ2) is 10.2. The van der Waals surface area contributed by atoms with E-state index in [1.165, 1.54) is 0 Å². The van der Waals surface area contributed by atoms with Crippen molar-refractivity contribution in [3.05, 3.63) is 130 Å². The molecule has 4 aromatic carbocycles. The molecule has 4 aromatic rings. The molecule has 6 heteroatoms. The first-order valence-electron chi connectivity index (χ1n) is 12.8. The maximum absolute atomic E-state index is 14.8. The van der Waals surface area contributed by atoms with Gasteiger partial charge in [-0.15, -0.1) is 23.2 Å². The quantitative estimate of drug-likeness (QED) is 0.256. The zero-order valence-corrected chi connectivity index (χ0v) is 23.9. The number of para-hydroxylation sites is 2. The van der Waals surface area contributed by atoms with Gasteiger partial charge in [-0.3, -0.25) is 9.59 Å². The Morgan fingerprint density at radius 3 is 1.21 bits per heavy atom. The maximum atomic E-state index is 14.8. The Labute approximate surface area is 239 Å². The SMILES string of the molecule is Cc1ccc([C@@]2([C@@]3(c4ccc(C)cc4)C(=O)N(C)c4ccccc43)C(=O)N(C)c3ccccc32)cc1.ClCCl. The monoisotopic (exact) mass is 556 g/mol. The van der Waals surface area contributed by atoms with E-state index < -0.39 is 10.8 Å². The molecule has 198 valence electrons. The average molecular weight is 558 g/mol. The number of likely N-dealkylation sites (N-methyl/N-ethyl adjacent to an activating group) is 2. The van der Waals surface area contributed by atoms with Crippen LogP contribution in [0.1, 0.15) is 33.4 Å². The van der Waals surface area contributed by atoms with Crippen LogP contribution in [0.25, 0.3) is 0 Å². The molecule has 0 fully saturated rings. The molecule has 0 unspecified atom stereocenters. The van der Waals surface area contributed by atoms with Crippen LogP contribution in [0.4, 0.5) is 11.4 Å². The van der Waals surface area contributed by atoms with Crippen molar-refractivity contribution in [2.24, 2.45) is 0 Å². The molecule has 2 atom stereocenters. The van der Waals surface area contributed by atoms with Crippen molar-refractivity contribution in [2.75, 3.05) is 29.2 Å². The first-order valence-corrected chi connectivity index (χ1v) is 13.8. The lowest BCUT2D eigenvalue weighted by atomic mass is 9.52. The molecule has 2 aliphatic rings. The summed E-state index contributed by atoms with van der Waals surface area (Å²) in [7, 11) is 3.63. The van der Waals surface area contributed by atoms with E-state index in [9.17, 15) is 9.59 Å². The van der Waals surface area contributed by atoms with Crippen molar-refractivity contribution >= 4 is 46.4 Å². The Balaban J connectivity index is 0.000000983. The molecule has 6 rings (SSSR count). The first-order chi connectivity index (χ1) is 18.8. The van der Waals surface area contributed by atoms with Crippen LogP contribution in [0.15, 0.2) is 97.1 Å². The van der Waals surface area contributed by atoms with Crippen molar-refractivity contribution in [2.45, 2.75) is 24.7 Å². The summed E-state index contributed by atoms with van der Waals surface area (Å²) in [5, 5.41) is 0.194. The van der Waals surface area contributed by atoms with Gasteiger partial charge in [0.25, 0.3) is 0 Å². The number of hydrogen-bond acceptors (Lipinski definition) is 2. The van der Waals surface area contributed by atoms with E-state index in [2.05, 4.69) is 0 Å². The molecule has 0 radical (unpaired) electrons. The van der Waals surface area contributed by atoms with Crippen LogP contribution in [0.3, 0.4) is 0 Å². The fourth-order valence-electron chi connectivity index (χ4n) is 6.44. The normalized spacial score (nSPS) is 21.4. The molecule has 0 bridgehead atoms. The predicted molar refractivity (Wildman–Crippen MR) is 160 cm³/mol. The van der Waals surface area contributed by atoms with Gasteiger partial charge in [-0.05, 0) is 48.2 Å². The molecule has 0 saturated heterocycles. The highest BCUT2D eigenvalue weighted by molar-refractivity contribution is 6.40. The summed E-state index contributed by atoms with van der Waals surface area (Å²) in [4.78, 5) is 33.1. The number of fused-ring (bicyclic) bond motifs is 2. The van der Waals surface area contributed by atoms with Crippen LogP contribution >= 0.6 is 23.2 Å². The number of carbonyl (C=O) groups is 2. The standard InChI is InChI=1S/C32H28N2O2.CH2Cl2/c1-21-13-17-23(18-14-21)31(25-9-5-7-11-27(25)33(3)29(31)35)32(24-19-15-22(2)16-20-24)26-10-6-8-12-28(26)34(4)30(32)36;2-1-3/h5-20H,1-4H3;1H2/t31-,32+;. The number of aryl methyl sites for hydroxylation is 2. The molecule has 2 amide bonds. The molecule has 2 aliphatic heterocycles. The largest absolute Gasteiger partial charge is 0.314 e. The van der Waals surface area contributed by atoms with Crippen molar-refractivity contribution in [1.29, 1.82) is 0 Å². The molecule has 0 spiro atoms. The van der Waals surface area contributed by atoms with Crippen LogP contribution in [-0.2, 0) is 20.4 Å². The summed E-state index contributed by atoms with van der Waals surface area (Å²) in [5.74, 6) is -0.210. The van der Waals surface area contributed by atoms with Crippen molar-refractivity contribution < 1.29 is 9.59 Å². The van der Waals surface area contributed by atoms with E-state index in [1.807, 2.05) is 125 Å². The minimum Gasteiger partial charge on any atom is -0.314 e. The lowest BCUT2D eigenvalue weighted by molar-refractivity contribution is -0.131. The summed E-state index contributed by atoms with van der Waals surface area (Å²) in [6.07, 6.45) is 0. The number of nitrogens with zero attached hydrogens (tertiary/aromatic N) is 2. The molecule has 4 nitrogen and oxygen atoms in total. The number of alkyl halides is 2. The summed E-state index contributed by atoms with van der Waals surface area (Å²) in [6.45, 7) is 4.07. The molecule has 0 aromatic heterocycles. The van der Waals surface area contributed by atoms with Gasteiger partial charge in [-0.25, -0.2) is 0 Å². The van der Waals surface area contributed by atoms with Crippen molar-refractivity contribution in [3.63, 3.8) is 0 Å². The number of anilines is 2. The fourth-order valence-corrected chi connectivity index (χ4v) is 6.44. The van der Waals surface area contributed by atoms with Crippen molar-refractivity contribution in [1.82, 2.24) is 0 Å². The third-order valence-corrected chi connectivity index (χ3v) is 8.12. The zero-order chi connectivity index (χ0) is 27.9. The van der Waals surface area contributed by atoms with E-state index in [1.54, 1.807) is 9.80 Å². The van der Waals surface area contributed by atoms with Gasteiger partial charge in [0.2, 0.25) is 11.8 Å². The third-order valence-electron chi connectivity index (χ3n) is 8.12. The minimum absolute atomic E-state index is 0.105. The van der Waals surface area contributed by atoms with E-state index in [4.69, 9.17) is 23.2 Å². The topological polar surface area (TPSA) is 40.6 Å². The van der Waals surface area contributed by atoms with Crippen molar-refractivity contribution in [3.8, 4) is 0 Å². The Kier molecular flexibility index (Phi) is 7.04. The third kappa shape index (κ3) is 3.65. The highest BCUT2D eigenvalue weighted by Crippen LogP contribution is 2.63. The number of carbonyl (C=O) groups excluding carboxylic acids is 2. The summed E-state index contributed by atoms with van der Waals surface area (Å²) in [5.41, 5.74) is 4.59. The minimum atomic E-state index is -1.29. The van der Waals surface area contributed by atoms with Gasteiger partial charge in [-0.2, -0.15) is 0 Å². The van der Waals surface area contributed by atoms with Gasteiger partial charge in [0, 0.05) is 25.5 Å². The molecule has 2 heterocycles. The van der Waals surface area contributed by atoms with Crippen LogP contribution in [0, 0.1) is 13.8 Å². The van der Waals surface area contributed by atoms with Gasteiger partial charge >= 0.3 is 0 Å². The van der Waals surface area contributed by atoms with Gasteiger partial charge in [0.1, 0.15) is 10.8 Å². The predicted octanol–water partition coefficient (Wildman–Crippen LogP) is 6.95. The van der Waals surface area contributed by atoms with Crippen LogP contribution in [0.5, 0.6) is 0 Å². The van der Waals surface area contributed by atoms with Gasteiger partial charge in [-0.1, -0.05) is 96.1 Å². The number of hydrogen-bond donors (Lipinski definition) is 0. The molecule has 0 aliphatic carbocycles. The van der Waals surface area contributed by atoms with Crippen LogP contribution in [-0.4, -0.2) is 31.2 Å². The highest BCUT2D eigenvalue weighted by atomic mass is 35.5. The van der Waals surface area contributed by atoms with Gasteiger partial charge < -0.3 is 9.80 Å². The smallest absolute Gasteiger partial charge is 0.243 e. The first kappa shape index (κ1) is 27.0. The van der Waals surface area contributed by atoms with Crippen LogP contribution < -0.4 is 9.80 Å². The Morgan fingerprint density at radius 2 is 0.872 bits per heavy atom. The maximum Gasteiger partial charge on any atom is 0.243 e. The van der Waals surface area contributed by atoms with Crippen LogP contribution in [0.2, 0.25) is 0 Å². The Hall–Kier alpha value is -3.60. The second-order valence-corrected chi connectivity index (χ2v) is 10.9. The average Bonchev–Trinajstić information content (AvgIpc) is 3.31. The lowest BCUT2D eigenvalue weighted by Crippen LogP contribution is -2.60. The second-order valence-electron chi connectivity index (χ2n) is 10.1. The fraction of sp³-hybridized carbons (Fsp3) is 0.212. The Morgan fingerprint density at radius 1 is 0.564 bits per heavy atom. The Bertz CT molecular complexity index is 1430. The number of rotatable bonds is 3. The molecule has 0 saturated carbocycles. The number of halogens is 2. The molecular formula is C33H30Cl2N2O2. The molecular weight excluding hydrogens is 527 g/mol. The molecule has 39 heavy (non-hydrogen) atoms.